The molecule has 0 unspecified atom stereocenters. The van der Waals surface area contributed by atoms with Crippen LogP contribution in [0.3, 0.4) is 0 Å². The molecule has 5 aromatic rings. The Labute approximate surface area is 189 Å². The fourth-order valence-electron chi connectivity index (χ4n) is 4.02. The van der Waals surface area contributed by atoms with Gasteiger partial charge in [-0.2, -0.15) is 9.50 Å². The fourth-order valence-corrected chi connectivity index (χ4v) is 4.02. The summed E-state index contributed by atoms with van der Waals surface area (Å²) in [5, 5.41) is 5.12. The number of aryl methyl sites for hydroxylation is 2. The Balaban J connectivity index is 1.47. The van der Waals surface area contributed by atoms with E-state index in [9.17, 15) is 4.79 Å². The highest BCUT2D eigenvalue weighted by atomic mass is 16.5. The number of rotatable bonds is 2. The monoisotopic (exact) mass is 439 g/mol. The van der Waals surface area contributed by atoms with Crippen LogP contribution in [0.15, 0.2) is 59.7 Å². The molecule has 6 rings (SSSR count). The molecule has 164 valence electrons. The van der Waals surface area contributed by atoms with Gasteiger partial charge in [-0.05, 0) is 61.4 Å². The Bertz CT molecular complexity index is 1600. The Morgan fingerprint density at radius 2 is 1.79 bits per heavy atom. The van der Waals surface area contributed by atoms with Crippen LogP contribution in [0.25, 0.3) is 33.8 Å². The van der Waals surface area contributed by atoms with Gasteiger partial charge in [0, 0.05) is 30.1 Å². The van der Waals surface area contributed by atoms with Gasteiger partial charge in [-0.15, -0.1) is 5.10 Å². The molecule has 1 aliphatic rings. The zero-order valence-corrected chi connectivity index (χ0v) is 18.3. The van der Waals surface area contributed by atoms with Crippen molar-refractivity contribution in [3.8, 4) is 28.6 Å². The van der Waals surface area contributed by atoms with Crippen molar-refractivity contribution in [2.75, 3.05) is 13.2 Å². The van der Waals surface area contributed by atoms with Gasteiger partial charge in [0.15, 0.2) is 17.3 Å². The van der Waals surface area contributed by atoms with Crippen molar-refractivity contribution in [3.63, 3.8) is 0 Å². The zero-order valence-electron chi connectivity index (χ0n) is 18.3. The van der Waals surface area contributed by atoms with E-state index in [1.807, 2.05) is 49.4 Å². The molecule has 1 aliphatic heterocycles. The number of hydrogen-bond donors (Lipinski definition) is 0. The van der Waals surface area contributed by atoms with E-state index < -0.39 is 0 Å². The van der Waals surface area contributed by atoms with Gasteiger partial charge < -0.3 is 9.47 Å². The average Bonchev–Trinajstić information content (AvgIpc) is 3.13. The van der Waals surface area contributed by atoms with Gasteiger partial charge in [0.1, 0.15) is 0 Å². The van der Waals surface area contributed by atoms with Crippen molar-refractivity contribution in [2.24, 2.45) is 0 Å². The van der Waals surface area contributed by atoms with Gasteiger partial charge in [-0.25, -0.2) is 4.98 Å². The lowest BCUT2D eigenvalue weighted by Crippen LogP contribution is -2.19. The number of hydrogen-bond acceptors (Lipinski definition) is 6. The van der Waals surface area contributed by atoms with Gasteiger partial charge in [-0.1, -0.05) is 6.07 Å². The number of fused-ring (bicyclic) bond motifs is 4. The van der Waals surface area contributed by atoms with E-state index in [2.05, 4.69) is 22.0 Å². The first-order valence-corrected chi connectivity index (χ1v) is 10.8. The summed E-state index contributed by atoms with van der Waals surface area (Å²) < 4.78 is 14.7. The van der Waals surface area contributed by atoms with E-state index in [0.29, 0.717) is 41.5 Å². The SMILES string of the molecule is Cc1ccc(-n2ccc3c(cnc4nc(-c5ccc6c(c5)OCCCO6)nn43)c2=O)cc1C. The van der Waals surface area contributed by atoms with Crippen LogP contribution in [0.2, 0.25) is 0 Å². The Morgan fingerprint density at radius 3 is 2.64 bits per heavy atom. The summed E-state index contributed by atoms with van der Waals surface area (Å²) in [7, 11) is 0. The molecule has 0 N–H and O–H groups in total. The first kappa shape index (κ1) is 19.5. The molecule has 33 heavy (non-hydrogen) atoms. The second-order valence-corrected chi connectivity index (χ2v) is 8.18. The molecule has 3 aromatic heterocycles. The Morgan fingerprint density at radius 1 is 0.939 bits per heavy atom. The maximum Gasteiger partial charge on any atom is 0.266 e. The topological polar surface area (TPSA) is 83.5 Å². The third-order valence-electron chi connectivity index (χ3n) is 6.01. The van der Waals surface area contributed by atoms with Crippen LogP contribution in [0, 0.1) is 13.8 Å². The van der Waals surface area contributed by atoms with Crippen LogP contribution in [-0.4, -0.2) is 37.4 Å². The molecule has 0 spiro atoms. The van der Waals surface area contributed by atoms with Crippen molar-refractivity contribution in [1.82, 2.24) is 24.1 Å². The molecule has 4 heterocycles. The summed E-state index contributed by atoms with van der Waals surface area (Å²) in [5.74, 6) is 2.32. The predicted molar refractivity (Wildman–Crippen MR) is 124 cm³/mol. The van der Waals surface area contributed by atoms with Crippen LogP contribution < -0.4 is 15.0 Å². The van der Waals surface area contributed by atoms with Gasteiger partial charge >= 0.3 is 0 Å². The standard InChI is InChI=1S/C25H21N5O3/c1-15-4-6-18(12-16(15)2)29-9-8-20-19(24(29)31)14-26-25-27-23(28-30(20)25)17-5-7-21-22(13-17)33-11-3-10-32-21/h4-9,12-14H,3,10-11H2,1-2H3. The first-order chi connectivity index (χ1) is 16.1. The predicted octanol–water partition coefficient (Wildman–Crippen LogP) is 3.87. The molecular weight excluding hydrogens is 418 g/mol. The van der Waals surface area contributed by atoms with Crippen molar-refractivity contribution in [2.45, 2.75) is 20.3 Å². The summed E-state index contributed by atoms with van der Waals surface area (Å²) in [5.41, 5.74) is 4.42. The van der Waals surface area contributed by atoms with Crippen LogP contribution >= 0.6 is 0 Å². The molecule has 2 aromatic carbocycles. The van der Waals surface area contributed by atoms with Crippen LogP contribution in [0.4, 0.5) is 0 Å². The first-order valence-electron chi connectivity index (χ1n) is 10.8. The highest BCUT2D eigenvalue weighted by Gasteiger charge is 2.16. The normalized spacial score (nSPS) is 13.4. The Kier molecular flexibility index (Phi) is 4.39. The molecule has 0 amide bonds. The lowest BCUT2D eigenvalue weighted by Gasteiger charge is -2.09. The van der Waals surface area contributed by atoms with E-state index in [1.54, 1.807) is 21.5 Å². The number of ether oxygens (including phenoxy) is 2. The highest BCUT2D eigenvalue weighted by Crippen LogP contribution is 2.33. The largest absolute Gasteiger partial charge is 0.490 e. The van der Waals surface area contributed by atoms with E-state index in [-0.39, 0.29) is 5.56 Å². The van der Waals surface area contributed by atoms with Crippen LogP contribution in [0.1, 0.15) is 17.5 Å². The average molecular weight is 439 g/mol. The molecule has 0 saturated carbocycles. The molecule has 0 radical (unpaired) electrons. The minimum absolute atomic E-state index is 0.155. The van der Waals surface area contributed by atoms with E-state index >= 15 is 0 Å². The molecular formula is C25H21N5O3. The number of pyridine rings is 1. The molecule has 0 aliphatic carbocycles. The van der Waals surface area contributed by atoms with Crippen LogP contribution in [-0.2, 0) is 0 Å². The van der Waals surface area contributed by atoms with Crippen molar-refractivity contribution < 1.29 is 9.47 Å². The van der Waals surface area contributed by atoms with Gasteiger partial charge in [-0.3, -0.25) is 9.36 Å². The molecule has 0 saturated heterocycles. The molecule has 8 heteroatoms. The quantitative estimate of drug-likeness (QED) is 0.415. The van der Waals surface area contributed by atoms with Gasteiger partial charge in [0.2, 0.25) is 0 Å². The maximum atomic E-state index is 13.3. The van der Waals surface area contributed by atoms with E-state index in [1.165, 1.54) is 5.56 Å². The second-order valence-electron chi connectivity index (χ2n) is 8.18. The number of nitrogens with zero attached hydrogens (tertiary/aromatic N) is 5. The highest BCUT2D eigenvalue weighted by molar-refractivity contribution is 5.79. The minimum atomic E-state index is -0.155. The molecule has 0 atom stereocenters. The fraction of sp³-hybridized carbons (Fsp3) is 0.200. The summed E-state index contributed by atoms with van der Waals surface area (Å²) in [6.45, 7) is 5.32. The minimum Gasteiger partial charge on any atom is -0.490 e. The number of aromatic nitrogens is 5. The van der Waals surface area contributed by atoms with E-state index in [0.717, 1.165) is 29.0 Å². The summed E-state index contributed by atoms with van der Waals surface area (Å²) in [6.07, 6.45) is 4.17. The molecule has 8 nitrogen and oxygen atoms in total. The number of benzene rings is 2. The zero-order chi connectivity index (χ0) is 22.5. The summed E-state index contributed by atoms with van der Waals surface area (Å²) >= 11 is 0. The molecule has 0 bridgehead atoms. The summed E-state index contributed by atoms with van der Waals surface area (Å²) in [6, 6.07) is 13.5. The third kappa shape index (κ3) is 3.22. The lowest BCUT2D eigenvalue weighted by atomic mass is 10.1. The maximum absolute atomic E-state index is 13.3. The lowest BCUT2D eigenvalue weighted by molar-refractivity contribution is 0.297. The smallest absolute Gasteiger partial charge is 0.266 e. The van der Waals surface area contributed by atoms with E-state index in [4.69, 9.17) is 9.47 Å². The van der Waals surface area contributed by atoms with Crippen molar-refractivity contribution in [1.29, 1.82) is 0 Å². The Hall–Kier alpha value is -4.20. The van der Waals surface area contributed by atoms with Gasteiger partial charge in [0.05, 0.1) is 24.1 Å². The van der Waals surface area contributed by atoms with Crippen molar-refractivity contribution >= 4 is 16.7 Å². The third-order valence-corrected chi connectivity index (χ3v) is 6.01. The van der Waals surface area contributed by atoms with Crippen molar-refractivity contribution in [3.05, 3.63) is 76.3 Å². The second kappa shape index (κ2) is 7.44. The summed E-state index contributed by atoms with van der Waals surface area (Å²) in [4.78, 5) is 22.2. The molecule has 0 fully saturated rings. The van der Waals surface area contributed by atoms with Crippen LogP contribution in [0.5, 0.6) is 11.5 Å². The van der Waals surface area contributed by atoms with Gasteiger partial charge in [0.25, 0.3) is 11.3 Å².